The fourth-order valence-corrected chi connectivity index (χ4v) is 0.687. The molecule has 0 saturated carbocycles. The number of hydrogen-bond donors (Lipinski definition) is 1. The van der Waals surface area contributed by atoms with Crippen LogP contribution in [0.15, 0.2) is 6.33 Å². The zero-order chi connectivity index (χ0) is 8.27. The molecule has 0 aliphatic carbocycles. The van der Waals surface area contributed by atoms with E-state index in [0.29, 0.717) is 12.4 Å². The fraction of sp³-hybridized carbons (Fsp3) is 0.429. The van der Waals surface area contributed by atoms with Crippen molar-refractivity contribution < 1.29 is 0 Å². The summed E-state index contributed by atoms with van der Waals surface area (Å²) in [5.41, 5.74) is 5.53. The Hall–Kier alpha value is -1.34. The van der Waals surface area contributed by atoms with Crippen molar-refractivity contribution in [2.45, 2.75) is 19.5 Å². The van der Waals surface area contributed by atoms with Crippen LogP contribution < -0.4 is 5.73 Å². The van der Waals surface area contributed by atoms with Gasteiger partial charge in [-0.2, -0.15) is 5.10 Å². The number of terminal acetylenes is 1. The van der Waals surface area contributed by atoms with Gasteiger partial charge < -0.3 is 5.73 Å². The van der Waals surface area contributed by atoms with E-state index < -0.39 is 0 Å². The topological polar surface area (TPSA) is 56.7 Å². The van der Waals surface area contributed by atoms with E-state index >= 15 is 0 Å². The van der Waals surface area contributed by atoms with Crippen molar-refractivity contribution in [2.75, 3.05) is 0 Å². The van der Waals surface area contributed by atoms with Crippen LogP contribution in [0.2, 0.25) is 0 Å². The van der Waals surface area contributed by atoms with Crippen LogP contribution in [0.5, 0.6) is 0 Å². The van der Waals surface area contributed by atoms with E-state index in [-0.39, 0.29) is 6.04 Å². The van der Waals surface area contributed by atoms with E-state index in [4.69, 9.17) is 12.2 Å². The Balaban J connectivity index is 2.75. The lowest BCUT2D eigenvalue weighted by Gasteiger charge is -1.95. The minimum Gasteiger partial charge on any atom is -0.321 e. The predicted molar refractivity (Wildman–Crippen MR) is 41.5 cm³/mol. The zero-order valence-corrected chi connectivity index (χ0v) is 6.36. The van der Waals surface area contributed by atoms with Crippen LogP contribution in [0.25, 0.3) is 0 Å². The standard InChI is InChI=1S/C7H10N4/c1-3-4-11-5-9-7(10-11)6(2)8/h1,5-6H,4,8H2,2H3. The maximum atomic E-state index is 5.53. The number of aromatic nitrogens is 3. The lowest BCUT2D eigenvalue weighted by molar-refractivity contribution is 0.667. The van der Waals surface area contributed by atoms with Crippen molar-refractivity contribution in [1.29, 1.82) is 0 Å². The first kappa shape index (κ1) is 7.76. The highest BCUT2D eigenvalue weighted by Gasteiger charge is 2.03. The molecule has 1 unspecified atom stereocenters. The van der Waals surface area contributed by atoms with Gasteiger partial charge in [0.05, 0.1) is 6.04 Å². The maximum absolute atomic E-state index is 5.53. The van der Waals surface area contributed by atoms with Crippen LogP contribution in [-0.4, -0.2) is 14.8 Å². The van der Waals surface area contributed by atoms with Crippen LogP contribution in [0.4, 0.5) is 0 Å². The SMILES string of the molecule is C#CCn1cnc(C(C)N)n1. The van der Waals surface area contributed by atoms with Gasteiger partial charge in [0.1, 0.15) is 12.9 Å². The molecular formula is C7H10N4. The quantitative estimate of drug-likeness (QED) is 0.600. The molecule has 58 valence electrons. The Kier molecular flexibility index (Phi) is 2.24. The first-order chi connectivity index (χ1) is 5.24. The second-order valence-corrected chi connectivity index (χ2v) is 2.29. The molecule has 1 aromatic rings. The summed E-state index contributed by atoms with van der Waals surface area (Å²) in [5.74, 6) is 3.08. The molecule has 0 spiro atoms. The molecule has 1 heterocycles. The van der Waals surface area contributed by atoms with Crippen molar-refractivity contribution >= 4 is 0 Å². The number of hydrogen-bond acceptors (Lipinski definition) is 3. The van der Waals surface area contributed by atoms with Crippen molar-refractivity contribution in [1.82, 2.24) is 14.8 Å². The van der Waals surface area contributed by atoms with Crippen molar-refractivity contribution in [2.24, 2.45) is 5.73 Å². The average Bonchev–Trinajstić information content (AvgIpc) is 2.37. The highest BCUT2D eigenvalue weighted by Crippen LogP contribution is 1.99. The largest absolute Gasteiger partial charge is 0.321 e. The molecule has 1 aromatic heterocycles. The third-order valence-corrected chi connectivity index (χ3v) is 1.21. The molecule has 0 fully saturated rings. The lowest BCUT2D eigenvalue weighted by Crippen LogP contribution is -2.08. The van der Waals surface area contributed by atoms with E-state index in [1.54, 1.807) is 11.0 Å². The monoisotopic (exact) mass is 150 g/mol. The second kappa shape index (κ2) is 3.17. The molecule has 0 amide bonds. The van der Waals surface area contributed by atoms with Gasteiger partial charge in [-0.1, -0.05) is 5.92 Å². The van der Waals surface area contributed by atoms with Crippen LogP contribution in [0.3, 0.4) is 0 Å². The highest BCUT2D eigenvalue weighted by atomic mass is 15.3. The van der Waals surface area contributed by atoms with Gasteiger partial charge in [-0.15, -0.1) is 6.42 Å². The third kappa shape index (κ3) is 1.79. The Morgan fingerprint density at radius 2 is 2.64 bits per heavy atom. The summed E-state index contributed by atoms with van der Waals surface area (Å²) in [6, 6.07) is -0.131. The van der Waals surface area contributed by atoms with Gasteiger partial charge in [-0.25, -0.2) is 9.67 Å². The van der Waals surface area contributed by atoms with Gasteiger partial charge in [-0.05, 0) is 6.92 Å². The second-order valence-electron chi connectivity index (χ2n) is 2.29. The average molecular weight is 150 g/mol. The molecule has 0 aliphatic rings. The molecule has 1 atom stereocenters. The minimum absolute atomic E-state index is 0.131. The Labute approximate surface area is 65.4 Å². The summed E-state index contributed by atoms with van der Waals surface area (Å²) in [6.45, 7) is 2.27. The molecule has 11 heavy (non-hydrogen) atoms. The lowest BCUT2D eigenvalue weighted by atomic mass is 10.4. The first-order valence-electron chi connectivity index (χ1n) is 3.32. The summed E-state index contributed by atoms with van der Waals surface area (Å²) in [5, 5.41) is 4.04. The molecule has 1 rings (SSSR count). The summed E-state index contributed by atoms with van der Waals surface area (Å²) in [6.07, 6.45) is 6.66. The Morgan fingerprint density at radius 1 is 1.91 bits per heavy atom. The van der Waals surface area contributed by atoms with Crippen molar-refractivity contribution in [3.05, 3.63) is 12.2 Å². The van der Waals surface area contributed by atoms with Gasteiger partial charge >= 0.3 is 0 Å². The summed E-state index contributed by atoms with van der Waals surface area (Å²) in [4.78, 5) is 3.97. The normalized spacial score (nSPS) is 12.5. The third-order valence-electron chi connectivity index (χ3n) is 1.21. The number of rotatable bonds is 2. The van der Waals surface area contributed by atoms with Crippen molar-refractivity contribution in [3.8, 4) is 12.3 Å². The van der Waals surface area contributed by atoms with Gasteiger partial charge in [-0.3, -0.25) is 0 Å². The smallest absolute Gasteiger partial charge is 0.166 e. The molecular weight excluding hydrogens is 140 g/mol. The van der Waals surface area contributed by atoms with Crippen LogP contribution in [-0.2, 0) is 6.54 Å². The molecule has 4 nitrogen and oxygen atoms in total. The van der Waals surface area contributed by atoms with Gasteiger partial charge in [0.2, 0.25) is 0 Å². The molecule has 0 aromatic carbocycles. The maximum Gasteiger partial charge on any atom is 0.166 e. The molecule has 0 aliphatic heterocycles. The summed E-state index contributed by atoms with van der Waals surface area (Å²) >= 11 is 0. The number of nitrogens with zero attached hydrogens (tertiary/aromatic N) is 3. The Bertz CT molecular complexity index is 268. The highest BCUT2D eigenvalue weighted by molar-refractivity contribution is 4.90. The van der Waals surface area contributed by atoms with E-state index in [0.717, 1.165) is 0 Å². The van der Waals surface area contributed by atoms with Crippen LogP contribution in [0.1, 0.15) is 18.8 Å². The van der Waals surface area contributed by atoms with Crippen molar-refractivity contribution in [3.63, 3.8) is 0 Å². The zero-order valence-electron chi connectivity index (χ0n) is 6.36. The van der Waals surface area contributed by atoms with Gasteiger partial charge in [0.15, 0.2) is 5.82 Å². The number of nitrogens with two attached hydrogens (primary N) is 1. The van der Waals surface area contributed by atoms with E-state index in [2.05, 4.69) is 16.0 Å². The van der Waals surface area contributed by atoms with Crippen LogP contribution >= 0.6 is 0 Å². The predicted octanol–water partition coefficient (Wildman–Crippen LogP) is -0.0690. The van der Waals surface area contributed by atoms with Gasteiger partial charge in [0, 0.05) is 0 Å². The molecule has 0 saturated heterocycles. The first-order valence-corrected chi connectivity index (χ1v) is 3.32. The Morgan fingerprint density at radius 3 is 3.09 bits per heavy atom. The van der Waals surface area contributed by atoms with Gasteiger partial charge in [0.25, 0.3) is 0 Å². The fourth-order valence-electron chi connectivity index (χ4n) is 0.687. The minimum atomic E-state index is -0.131. The summed E-state index contributed by atoms with van der Waals surface area (Å²) in [7, 11) is 0. The van der Waals surface area contributed by atoms with E-state index in [1.165, 1.54) is 0 Å². The molecule has 4 heteroatoms. The van der Waals surface area contributed by atoms with Crippen LogP contribution in [0, 0.1) is 12.3 Å². The van der Waals surface area contributed by atoms with E-state index in [9.17, 15) is 0 Å². The van der Waals surface area contributed by atoms with E-state index in [1.807, 2.05) is 6.92 Å². The molecule has 0 bridgehead atoms. The molecule has 2 N–H and O–H groups in total. The summed E-state index contributed by atoms with van der Waals surface area (Å²) < 4.78 is 1.58. The molecule has 0 radical (unpaired) electrons.